The van der Waals surface area contributed by atoms with Crippen molar-refractivity contribution < 1.29 is 9.23 Å². The van der Waals surface area contributed by atoms with Crippen molar-refractivity contribution in [2.24, 2.45) is 5.16 Å². The number of hydrogen-bond donors (Lipinski definition) is 1. The summed E-state index contributed by atoms with van der Waals surface area (Å²) in [7, 11) is 1.53. The summed E-state index contributed by atoms with van der Waals surface area (Å²) in [4.78, 5) is 26.9. The van der Waals surface area contributed by atoms with Crippen LogP contribution in [-0.4, -0.2) is 60.0 Å². The molecular weight excluding hydrogens is 527 g/mol. The van der Waals surface area contributed by atoms with E-state index >= 15 is 4.39 Å². The van der Waals surface area contributed by atoms with Gasteiger partial charge in [-0.3, -0.25) is 9.69 Å². The van der Waals surface area contributed by atoms with Gasteiger partial charge in [-0.05, 0) is 31.2 Å². The number of aryl methyl sites for hydroxylation is 1. The lowest BCUT2D eigenvalue weighted by Gasteiger charge is -2.36. The zero-order valence-corrected chi connectivity index (χ0v) is 22.7. The summed E-state index contributed by atoms with van der Waals surface area (Å²) >= 11 is 7.30. The van der Waals surface area contributed by atoms with E-state index < -0.39 is 5.82 Å². The summed E-state index contributed by atoms with van der Waals surface area (Å²) < 4.78 is 17.4. The number of rotatable bonds is 7. The van der Waals surface area contributed by atoms with E-state index in [4.69, 9.17) is 22.2 Å². The van der Waals surface area contributed by atoms with Crippen LogP contribution in [0.15, 0.2) is 57.9 Å². The van der Waals surface area contributed by atoms with Crippen LogP contribution < -0.4 is 16.1 Å². The van der Waals surface area contributed by atoms with E-state index in [1.54, 1.807) is 17.6 Å². The van der Waals surface area contributed by atoms with E-state index in [-0.39, 0.29) is 5.43 Å². The average Bonchev–Trinajstić information content (AvgIpc) is 3.35. The summed E-state index contributed by atoms with van der Waals surface area (Å²) in [5.41, 5.74) is 9.39. The number of fused-ring (bicyclic) bond motifs is 1. The molecule has 2 N–H and O–H groups in total. The van der Waals surface area contributed by atoms with Crippen LogP contribution in [0.3, 0.4) is 0 Å². The third-order valence-electron chi connectivity index (χ3n) is 6.75. The van der Waals surface area contributed by atoms with E-state index in [1.165, 1.54) is 24.5 Å². The molecule has 4 aromatic rings. The zero-order chi connectivity index (χ0) is 26.8. The number of nitrogens with zero attached hydrogens (tertiary/aromatic N) is 5. The average molecular weight is 555 g/mol. The molecule has 0 aliphatic carbocycles. The van der Waals surface area contributed by atoms with Gasteiger partial charge in [0.25, 0.3) is 0 Å². The van der Waals surface area contributed by atoms with Crippen molar-refractivity contribution >= 4 is 50.4 Å². The van der Waals surface area contributed by atoms with Crippen LogP contribution in [0.5, 0.6) is 0 Å². The van der Waals surface area contributed by atoms with Crippen molar-refractivity contribution in [1.82, 2.24) is 14.5 Å². The predicted molar refractivity (Wildman–Crippen MR) is 153 cm³/mol. The number of oxime groups is 1. The first-order chi connectivity index (χ1) is 18.4. The summed E-state index contributed by atoms with van der Waals surface area (Å²) in [6.07, 6.45) is 1.78. The summed E-state index contributed by atoms with van der Waals surface area (Å²) in [5, 5.41) is 7.34. The number of nitrogen functional groups attached to an aromatic ring is 1. The van der Waals surface area contributed by atoms with Gasteiger partial charge < -0.3 is 20.0 Å². The summed E-state index contributed by atoms with van der Waals surface area (Å²) in [6.45, 7) is 5.92. The minimum Gasteiger partial charge on any atom is -0.399 e. The number of thiazole rings is 1. The van der Waals surface area contributed by atoms with Gasteiger partial charge in [-0.2, -0.15) is 0 Å². The molecule has 0 radical (unpaired) electrons. The first-order valence-corrected chi connectivity index (χ1v) is 13.5. The summed E-state index contributed by atoms with van der Waals surface area (Å²) in [5.74, 6) is -0.413. The molecule has 1 saturated heterocycles. The van der Waals surface area contributed by atoms with Crippen molar-refractivity contribution in [2.75, 3.05) is 50.5 Å². The fraction of sp³-hybridized carbons (Fsp3) is 0.296. The minimum absolute atomic E-state index is 0.252. The van der Waals surface area contributed by atoms with Gasteiger partial charge in [-0.15, -0.1) is 11.3 Å². The van der Waals surface area contributed by atoms with E-state index in [2.05, 4.69) is 15.0 Å². The highest BCUT2D eigenvalue weighted by Gasteiger charge is 2.23. The van der Waals surface area contributed by atoms with E-state index in [9.17, 15) is 4.79 Å². The van der Waals surface area contributed by atoms with Gasteiger partial charge in [-0.1, -0.05) is 28.9 Å². The molecular formula is C27H28ClFN6O2S. The molecule has 1 aliphatic heterocycles. The SMILES string of the molecule is CCn1cc(-c2csc(N)n2)c(=O)c2cc(F)c(N3CCN(C/C(=N/OC)c4ccc(Cl)cc4)CC3)cc21. The first-order valence-electron chi connectivity index (χ1n) is 12.3. The molecule has 0 bridgehead atoms. The quantitative estimate of drug-likeness (QED) is 0.263. The molecule has 0 spiro atoms. The van der Waals surface area contributed by atoms with Gasteiger partial charge in [0, 0.05) is 66.8 Å². The zero-order valence-electron chi connectivity index (χ0n) is 21.2. The third-order valence-corrected chi connectivity index (χ3v) is 7.68. The second kappa shape index (κ2) is 11.1. The van der Waals surface area contributed by atoms with E-state index in [0.29, 0.717) is 64.2 Å². The van der Waals surface area contributed by atoms with Gasteiger partial charge in [0.2, 0.25) is 0 Å². The summed E-state index contributed by atoms with van der Waals surface area (Å²) in [6, 6.07) is 10.6. The molecule has 2 aromatic heterocycles. The Bertz CT molecular complexity index is 1540. The van der Waals surface area contributed by atoms with Crippen LogP contribution in [0.1, 0.15) is 12.5 Å². The van der Waals surface area contributed by atoms with Crippen molar-refractivity contribution in [2.45, 2.75) is 13.5 Å². The third kappa shape index (κ3) is 5.24. The molecule has 1 fully saturated rings. The topological polar surface area (TPSA) is 89.0 Å². The Kier molecular flexibility index (Phi) is 7.64. The molecule has 38 heavy (non-hydrogen) atoms. The second-order valence-corrected chi connectivity index (χ2v) is 10.4. The van der Waals surface area contributed by atoms with Crippen LogP contribution in [0.4, 0.5) is 15.2 Å². The number of piperazine rings is 1. The molecule has 11 heteroatoms. The Hall–Kier alpha value is -3.47. The molecule has 8 nitrogen and oxygen atoms in total. The Balaban J connectivity index is 1.38. The Labute approximate surface area is 228 Å². The van der Waals surface area contributed by atoms with Gasteiger partial charge in [0.1, 0.15) is 18.6 Å². The smallest absolute Gasteiger partial charge is 0.198 e. The molecule has 2 aromatic carbocycles. The molecule has 0 atom stereocenters. The highest BCUT2D eigenvalue weighted by Crippen LogP contribution is 2.29. The molecule has 0 amide bonds. The number of anilines is 2. The first kappa shape index (κ1) is 26.1. The monoisotopic (exact) mass is 554 g/mol. The predicted octanol–water partition coefficient (Wildman–Crippen LogP) is 4.69. The van der Waals surface area contributed by atoms with Crippen LogP contribution >= 0.6 is 22.9 Å². The lowest BCUT2D eigenvalue weighted by Crippen LogP contribution is -2.48. The van der Waals surface area contributed by atoms with Crippen molar-refractivity contribution in [3.05, 3.63) is 74.6 Å². The lowest BCUT2D eigenvalue weighted by atomic mass is 10.1. The van der Waals surface area contributed by atoms with Gasteiger partial charge in [-0.25, -0.2) is 9.37 Å². The normalized spacial score (nSPS) is 14.8. The lowest BCUT2D eigenvalue weighted by molar-refractivity contribution is 0.209. The van der Waals surface area contributed by atoms with Crippen LogP contribution in [0.25, 0.3) is 22.2 Å². The second-order valence-electron chi connectivity index (χ2n) is 9.04. The van der Waals surface area contributed by atoms with Gasteiger partial charge >= 0.3 is 0 Å². The van der Waals surface area contributed by atoms with Crippen molar-refractivity contribution in [1.29, 1.82) is 0 Å². The number of nitrogens with two attached hydrogens (primary N) is 1. The van der Waals surface area contributed by atoms with Crippen molar-refractivity contribution in [3.8, 4) is 11.3 Å². The number of aromatic nitrogens is 2. The standard InChI is InChI=1S/C27H28ClFN6O2S/c1-3-34-14-20(23-16-38-27(30)31-23)26(36)19-12-21(29)25(13-24(19)34)35-10-8-33(9-11-35)15-22(32-37-2)17-4-6-18(28)7-5-17/h4-7,12-14,16H,3,8-11,15H2,1-2H3,(H2,30,31)/b32-22-. The van der Waals surface area contributed by atoms with E-state index in [1.807, 2.05) is 40.7 Å². The largest absolute Gasteiger partial charge is 0.399 e. The number of benzene rings is 2. The maximum Gasteiger partial charge on any atom is 0.198 e. The van der Waals surface area contributed by atoms with Gasteiger partial charge in [0.05, 0.1) is 22.5 Å². The number of halogens is 2. The highest BCUT2D eigenvalue weighted by molar-refractivity contribution is 7.13. The Morgan fingerprint density at radius 1 is 1.21 bits per heavy atom. The molecule has 0 unspecified atom stereocenters. The maximum atomic E-state index is 15.4. The minimum atomic E-state index is -0.413. The Morgan fingerprint density at radius 2 is 1.95 bits per heavy atom. The maximum absolute atomic E-state index is 15.4. The van der Waals surface area contributed by atoms with Gasteiger partial charge in [0.15, 0.2) is 10.6 Å². The van der Waals surface area contributed by atoms with Crippen LogP contribution in [-0.2, 0) is 11.4 Å². The molecule has 198 valence electrons. The number of hydrogen-bond acceptors (Lipinski definition) is 8. The number of pyridine rings is 1. The molecule has 0 saturated carbocycles. The van der Waals surface area contributed by atoms with Crippen molar-refractivity contribution in [3.63, 3.8) is 0 Å². The molecule has 1 aliphatic rings. The van der Waals surface area contributed by atoms with Crippen LogP contribution in [0, 0.1) is 5.82 Å². The highest BCUT2D eigenvalue weighted by atomic mass is 35.5. The Morgan fingerprint density at radius 3 is 2.58 bits per heavy atom. The van der Waals surface area contributed by atoms with E-state index in [0.717, 1.165) is 24.4 Å². The van der Waals surface area contributed by atoms with Crippen LogP contribution in [0.2, 0.25) is 5.02 Å². The fourth-order valence-electron chi connectivity index (χ4n) is 4.78. The molecule has 5 rings (SSSR count). The fourth-order valence-corrected chi connectivity index (χ4v) is 5.47. The molecule has 3 heterocycles.